The van der Waals surface area contributed by atoms with E-state index >= 15 is 0 Å². The summed E-state index contributed by atoms with van der Waals surface area (Å²) in [5, 5.41) is 8.07. The molecule has 3 fully saturated rings. The molecule has 108 valence electrons. The molecule has 1 aromatic heterocycles. The lowest BCUT2D eigenvalue weighted by atomic mass is 10.0. The van der Waals surface area contributed by atoms with Gasteiger partial charge in [0.05, 0.1) is 5.69 Å². The van der Waals surface area contributed by atoms with Crippen molar-refractivity contribution in [3.8, 4) is 5.69 Å². The normalized spacial score (nSPS) is 35.9. The molecule has 0 amide bonds. The van der Waals surface area contributed by atoms with Crippen molar-refractivity contribution in [2.45, 2.75) is 31.8 Å². The second kappa shape index (κ2) is 4.44. The molecule has 1 N–H and O–H groups in total. The molecule has 3 nitrogen and oxygen atoms in total. The minimum Gasteiger partial charge on any atom is -0.309 e. The summed E-state index contributed by atoms with van der Waals surface area (Å²) in [5.41, 5.74) is 2.51. The van der Waals surface area contributed by atoms with Crippen molar-refractivity contribution in [3.63, 3.8) is 0 Å². The smallest absolute Gasteiger partial charge is 0.0645 e. The van der Waals surface area contributed by atoms with Crippen LogP contribution in [0.1, 0.15) is 24.8 Å². The number of benzene rings is 1. The summed E-state index contributed by atoms with van der Waals surface area (Å²) < 4.78 is 1.90. The Labute approximate surface area is 125 Å². The number of fused-ring (bicyclic) bond motifs is 5. The fraction of sp³-hybridized carbons (Fsp3) is 0.500. The minimum absolute atomic E-state index is 0.821. The number of hydrogen-bond donors (Lipinski definition) is 1. The zero-order chi connectivity index (χ0) is 13.8. The molecule has 1 aromatic carbocycles. The van der Waals surface area contributed by atoms with Crippen LogP contribution in [0.15, 0.2) is 42.7 Å². The fourth-order valence-corrected chi connectivity index (χ4v) is 5.02. The van der Waals surface area contributed by atoms with E-state index in [9.17, 15) is 0 Å². The van der Waals surface area contributed by atoms with Crippen LogP contribution in [0.2, 0.25) is 0 Å². The highest BCUT2D eigenvalue weighted by molar-refractivity contribution is 5.33. The molecule has 0 spiro atoms. The first kappa shape index (κ1) is 12.0. The molecule has 0 saturated heterocycles. The molecule has 3 heteroatoms. The van der Waals surface area contributed by atoms with Crippen LogP contribution in [0.25, 0.3) is 5.69 Å². The summed E-state index contributed by atoms with van der Waals surface area (Å²) in [5.74, 6) is 4.15. The van der Waals surface area contributed by atoms with E-state index < -0.39 is 0 Å². The van der Waals surface area contributed by atoms with Gasteiger partial charge in [0.25, 0.3) is 0 Å². The molecule has 4 unspecified atom stereocenters. The number of hydrogen-bond acceptors (Lipinski definition) is 2. The average molecular weight is 279 g/mol. The lowest BCUT2D eigenvalue weighted by molar-refractivity contribution is 0.456. The maximum absolute atomic E-state index is 4.26. The standard InChI is InChI=1S/C18H21N3/c1-8-20-21(9-1)15-6-2-12(3-7-15)11-19-18-16-13-4-5-14(10-13)17(16)18/h1-3,6-9,13-14,16-19H,4-5,10-11H2. The van der Waals surface area contributed by atoms with Crippen molar-refractivity contribution in [1.82, 2.24) is 15.1 Å². The van der Waals surface area contributed by atoms with Gasteiger partial charge >= 0.3 is 0 Å². The van der Waals surface area contributed by atoms with Crippen molar-refractivity contribution in [2.24, 2.45) is 23.7 Å². The first-order chi connectivity index (χ1) is 10.4. The van der Waals surface area contributed by atoms with Gasteiger partial charge in [0.2, 0.25) is 0 Å². The van der Waals surface area contributed by atoms with Gasteiger partial charge < -0.3 is 5.32 Å². The van der Waals surface area contributed by atoms with Gasteiger partial charge in [-0.1, -0.05) is 12.1 Å². The highest BCUT2D eigenvalue weighted by Gasteiger charge is 2.64. The Balaban J connectivity index is 1.22. The second-order valence-electron chi connectivity index (χ2n) is 7.01. The maximum atomic E-state index is 4.26. The van der Waals surface area contributed by atoms with Gasteiger partial charge in [-0.15, -0.1) is 0 Å². The van der Waals surface area contributed by atoms with Gasteiger partial charge in [-0.05, 0) is 66.7 Å². The van der Waals surface area contributed by atoms with E-state index in [0.29, 0.717) is 0 Å². The molecule has 0 aliphatic heterocycles. The summed E-state index contributed by atoms with van der Waals surface area (Å²) in [6.45, 7) is 1.01. The Kier molecular flexibility index (Phi) is 2.53. The Morgan fingerprint density at radius 2 is 1.86 bits per heavy atom. The third-order valence-electron chi connectivity index (χ3n) is 5.98. The largest absolute Gasteiger partial charge is 0.309 e. The Morgan fingerprint density at radius 1 is 1.10 bits per heavy atom. The third-order valence-corrected chi connectivity index (χ3v) is 5.98. The van der Waals surface area contributed by atoms with Crippen LogP contribution in [0.4, 0.5) is 0 Å². The lowest BCUT2D eigenvalue weighted by Crippen LogP contribution is -2.22. The molecule has 5 rings (SSSR count). The molecule has 2 bridgehead atoms. The van der Waals surface area contributed by atoms with Crippen LogP contribution in [-0.4, -0.2) is 15.8 Å². The van der Waals surface area contributed by atoms with E-state index in [1.807, 2.05) is 23.1 Å². The second-order valence-corrected chi connectivity index (χ2v) is 7.01. The Hall–Kier alpha value is -1.61. The molecular weight excluding hydrogens is 258 g/mol. The summed E-state index contributed by atoms with van der Waals surface area (Å²) >= 11 is 0. The molecule has 0 radical (unpaired) electrons. The maximum Gasteiger partial charge on any atom is 0.0645 e. The van der Waals surface area contributed by atoms with Gasteiger partial charge in [0.1, 0.15) is 0 Å². The van der Waals surface area contributed by atoms with Crippen molar-refractivity contribution < 1.29 is 0 Å². The molecule has 3 aliphatic rings. The zero-order valence-electron chi connectivity index (χ0n) is 12.2. The van der Waals surface area contributed by atoms with E-state index in [-0.39, 0.29) is 0 Å². The van der Waals surface area contributed by atoms with Crippen LogP contribution in [0.3, 0.4) is 0 Å². The van der Waals surface area contributed by atoms with Crippen LogP contribution >= 0.6 is 0 Å². The minimum atomic E-state index is 0.821. The molecular formula is C18H21N3. The first-order valence-electron chi connectivity index (χ1n) is 8.22. The summed E-state index contributed by atoms with van der Waals surface area (Å²) in [4.78, 5) is 0. The molecule has 2 aromatic rings. The topological polar surface area (TPSA) is 29.9 Å². The van der Waals surface area contributed by atoms with Gasteiger partial charge in [-0.2, -0.15) is 5.10 Å². The molecule has 3 saturated carbocycles. The highest BCUT2D eigenvalue weighted by atomic mass is 15.3. The van der Waals surface area contributed by atoms with Gasteiger partial charge in [-0.25, -0.2) is 4.68 Å². The molecule has 1 heterocycles. The van der Waals surface area contributed by atoms with Crippen molar-refractivity contribution in [3.05, 3.63) is 48.3 Å². The number of nitrogens with one attached hydrogen (secondary N) is 1. The highest BCUT2D eigenvalue weighted by Crippen LogP contribution is 2.65. The molecule has 3 aliphatic carbocycles. The van der Waals surface area contributed by atoms with Crippen LogP contribution in [0.5, 0.6) is 0 Å². The van der Waals surface area contributed by atoms with E-state index in [1.165, 1.54) is 24.8 Å². The van der Waals surface area contributed by atoms with E-state index in [1.54, 1.807) is 0 Å². The number of rotatable bonds is 4. The third kappa shape index (κ3) is 1.87. The monoisotopic (exact) mass is 279 g/mol. The molecule has 4 atom stereocenters. The van der Waals surface area contributed by atoms with Crippen LogP contribution in [0, 0.1) is 23.7 Å². The van der Waals surface area contributed by atoms with Gasteiger partial charge in [-0.3, -0.25) is 0 Å². The first-order valence-corrected chi connectivity index (χ1v) is 8.22. The lowest BCUT2D eigenvalue weighted by Gasteiger charge is -2.11. The van der Waals surface area contributed by atoms with E-state index in [2.05, 4.69) is 34.7 Å². The number of aromatic nitrogens is 2. The van der Waals surface area contributed by atoms with E-state index in [0.717, 1.165) is 41.9 Å². The Morgan fingerprint density at radius 3 is 2.52 bits per heavy atom. The fourth-order valence-electron chi connectivity index (χ4n) is 5.02. The quantitative estimate of drug-likeness (QED) is 0.932. The van der Waals surface area contributed by atoms with Gasteiger partial charge in [0.15, 0.2) is 0 Å². The van der Waals surface area contributed by atoms with Crippen molar-refractivity contribution in [2.75, 3.05) is 0 Å². The number of nitrogens with zero attached hydrogens (tertiary/aromatic N) is 2. The summed E-state index contributed by atoms with van der Waals surface area (Å²) in [6, 6.07) is 11.5. The van der Waals surface area contributed by atoms with E-state index in [4.69, 9.17) is 0 Å². The summed E-state index contributed by atoms with van der Waals surface area (Å²) in [6.07, 6.45) is 8.33. The SMILES string of the molecule is c1cnn(-c2ccc(CNC3C4C5CCC(C5)C34)cc2)c1. The van der Waals surface area contributed by atoms with Crippen molar-refractivity contribution >= 4 is 0 Å². The molecule has 21 heavy (non-hydrogen) atoms. The average Bonchev–Trinajstić information content (AvgIpc) is 2.99. The van der Waals surface area contributed by atoms with Crippen LogP contribution < -0.4 is 5.32 Å². The predicted octanol–water partition coefficient (Wildman–Crippen LogP) is 3.01. The predicted molar refractivity (Wildman–Crippen MR) is 82.0 cm³/mol. The Bertz CT molecular complexity index is 615. The zero-order valence-corrected chi connectivity index (χ0v) is 12.2. The van der Waals surface area contributed by atoms with Gasteiger partial charge in [0, 0.05) is 25.0 Å². The van der Waals surface area contributed by atoms with Crippen molar-refractivity contribution in [1.29, 1.82) is 0 Å². The van der Waals surface area contributed by atoms with Crippen LogP contribution in [-0.2, 0) is 6.54 Å². The summed E-state index contributed by atoms with van der Waals surface area (Å²) in [7, 11) is 0.